The van der Waals surface area contributed by atoms with Crippen molar-refractivity contribution in [3.8, 4) is 0 Å². The lowest BCUT2D eigenvalue weighted by molar-refractivity contribution is -0.141. The molecule has 0 unspecified atom stereocenters. The summed E-state index contributed by atoms with van der Waals surface area (Å²) < 4.78 is 39.8. The van der Waals surface area contributed by atoms with E-state index in [2.05, 4.69) is 5.32 Å². The second-order valence-electron chi connectivity index (χ2n) is 8.37. The van der Waals surface area contributed by atoms with Gasteiger partial charge in [-0.1, -0.05) is 72.8 Å². The Balaban J connectivity index is 2.00. The van der Waals surface area contributed by atoms with E-state index in [1.165, 1.54) is 29.2 Å². The molecular formula is C27H30FN3O4S. The Bertz CT molecular complexity index is 1250. The molecule has 0 saturated carbocycles. The van der Waals surface area contributed by atoms with Crippen LogP contribution in [0, 0.1) is 5.82 Å². The highest BCUT2D eigenvalue weighted by atomic mass is 32.2. The van der Waals surface area contributed by atoms with Gasteiger partial charge in [0.25, 0.3) is 0 Å². The van der Waals surface area contributed by atoms with Gasteiger partial charge in [-0.05, 0) is 35.7 Å². The first-order valence-corrected chi connectivity index (χ1v) is 13.4. The van der Waals surface area contributed by atoms with Crippen molar-refractivity contribution < 1.29 is 22.4 Å². The van der Waals surface area contributed by atoms with Gasteiger partial charge in [-0.15, -0.1) is 0 Å². The molecule has 0 spiro atoms. The monoisotopic (exact) mass is 511 g/mol. The summed E-state index contributed by atoms with van der Waals surface area (Å²) in [7, 11) is -3.76. The van der Waals surface area contributed by atoms with Gasteiger partial charge in [0.2, 0.25) is 21.8 Å². The zero-order valence-corrected chi connectivity index (χ0v) is 21.1. The first-order valence-electron chi connectivity index (χ1n) is 11.5. The molecule has 2 amide bonds. The van der Waals surface area contributed by atoms with E-state index in [1.807, 2.05) is 6.07 Å². The molecule has 0 fully saturated rings. The minimum Gasteiger partial charge on any atom is -0.354 e. The molecule has 7 nitrogen and oxygen atoms in total. The van der Waals surface area contributed by atoms with Gasteiger partial charge in [-0.2, -0.15) is 4.31 Å². The van der Waals surface area contributed by atoms with E-state index in [9.17, 15) is 22.4 Å². The van der Waals surface area contributed by atoms with Gasteiger partial charge in [0.05, 0.1) is 12.8 Å². The number of nitrogens with zero attached hydrogens (tertiary/aromatic N) is 2. The number of halogens is 1. The summed E-state index contributed by atoms with van der Waals surface area (Å²) >= 11 is 0. The topological polar surface area (TPSA) is 86.8 Å². The number of sulfonamides is 1. The molecule has 3 aromatic carbocycles. The highest BCUT2D eigenvalue weighted by Crippen LogP contribution is 2.25. The smallest absolute Gasteiger partial charge is 0.247 e. The van der Waals surface area contributed by atoms with Crippen molar-refractivity contribution in [2.24, 2.45) is 0 Å². The third-order valence-electron chi connectivity index (χ3n) is 5.60. The lowest BCUT2D eigenvalue weighted by atomic mass is 10.0. The van der Waals surface area contributed by atoms with Crippen LogP contribution in [-0.4, -0.2) is 48.8 Å². The molecule has 190 valence electrons. The van der Waals surface area contributed by atoms with E-state index in [4.69, 9.17) is 0 Å². The Labute approximate surface area is 211 Å². The highest BCUT2D eigenvalue weighted by molar-refractivity contribution is 7.88. The lowest BCUT2D eigenvalue weighted by Crippen LogP contribution is -2.47. The summed E-state index contributed by atoms with van der Waals surface area (Å²) in [4.78, 5) is 28.3. The summed E-state index contributed by atoms with van der Waals surface area (Å²) in [6.07, 6.45) is 1.05. The van der Waals surface area contributed by atoms with E-state index in [1.54, 1.807) is 61.5 Å². The van der Waals surface area contributed by atoms with Crippen LogP contribution in [0.15, 0.2) is 84.9 Å². The Hall–Kier alpha value is -3.56. The predicted octanol–water partition coefficient (Wildman–Crippen LogP) is 3.49. The van der Waals surface area contributed by atoms with Gasteiger partial charge in [-0.25, -0.2) is 12.8 Å². The minimum absolute atomic E-state index is 0.00691. The molecule has 0 heterocycles. The fraction of sp³-hybridized carbons (Fsp3) is 0.259. The molecule has 0 aliphatic rings. The van der Waals surface area contributed by atoms with Crippen LogP contribution in [0.4, 0.5) is 4.39 Å². The Kier molecular flexibility index (Phi) is 9.32. The summed E-state index contributed by atoms with van der Waals surface area (Å²) in [5, 5.41) is 2.77. The Morgan fingerprint density at radius 1 is 0.861 bits per heavy atom. The summed E-state index contributed by atoms with van der Waals surface area (Å²) in [5.41, 5.74) is 1.90. The van der Waals surface area contributed by atoms with Gasteiger partial charge >= 0.3 is 0 Å². The molecule has 36 heavy (non-hydrogen) atoms. The number of rotatable bonds is 11. The average Bonchev–Trinajstić information content (AvgIpc) is 2.85. The lowest BCUT2D eigenvalue weighted by Gasteiger charge is -2.33. The van der Waals surface area contributed by atoms with Crippen molar-refractivity contribution in [2.45, 2.75) is 26.1 Å². The van der Waals surface area contributed by atoms with Crippen molar-refractivity contribution in [3.63, 3.8) is 0 Å². The minimum atomic E-state index is -3.76. The zero-order valence-electron chi connectivity index (χ0n) is 20.3. The van der Waals surface area contributed by atoms with E-state index in [0.29, 0.717) is 17.7 Å². The second kappa shape index (κ2) is 12.4. The van der Waals surface area contributed by atoms with Crippen LogP contribution in [0.3, 0.4) is 0 Å². The van der Waals surface area contributed by atoms with Crippen molar-refractivity contribution in [3.05, 3.63) is 107 Å². The second-order valence-corrected chi connectivity index (χ2v) is 10.4. The van der Waals surface area contributed by atoms with E-state index in [0.717, 1.165) is 16.1 Å². The van der Waals surface area contributed by atoms with Gasteiger partial charge < -0.3 is 10.2 Å². The predicted molar refractivity (Wildman–Crippen MR) is 137 cm³/mol. The van der Waals surface area contributed by atoms with Crippen molar-refractivity contribution in [1.82, 2.24) is 14.5 Å². The van der Waals surface area contributed by atoms with Crippen LogP contribution < -0.4 is 5.32 Å². The van der Waals surface area contributed by atoms with Crippen LogP contribution in [-0.2, 0) is 32.7 Å². The van der Waals surface area contributed by atoms with Crippen molar-refractivity contribution >= 4 is 21.8 Å². The molecule has 3 rings (SSSR count). The molecule has 0 radical (unpaired) electrons. The maximum Gasteiger partial charge on any atom is 0.247 e. The molecule has 0 aliphatic heterocycles. The molecule has 1 N–H and O–H groups in total. The Morgan fingerprint density at radius 3 is 1.97 bits per heavy atom. The van der Waals surface area contributed by atoms with Crippen LogP contribution in [0.25, 0.3) is 0 Å². The molecule has 0 saturated heterocycles. The first kappa shape index (κ1) is 27.0. The number of benzene rings is 3. The van der Waals surface area contributed by atoms with Crippen molar-refractivity contribution in [2.75, 3.05) is 19.3 Å². The number of hydrogen-bond acceptors (Lipinski definition) is 4. The van der Waals surface area contributed by atoms with E-state index < -0.39 is 40.2 Å². The zero-order chi connectivity index (χ0) is 26.1. The first-order chi connectivity index (χ1) is 17.2. The number of likely N-dealkylation sites (N-methyl/N-ethyl adjacent to an activating group) is 1. The van der Waals surface area contributed by atoms with Crippen LogP contribution in [0.2, 0.25) is 0 Å². The molecule has 0 aliphatic carbocycles. The number of carbonyl (C=O) groups is 2. The molecule has 0 bridgehead atoms. The maximum atomic E-state index is 13.8. The molecule has 1 atom stereocenters. The summed E-state index contributed by atoms with van der Waals surface area (Å²) in [6, 6.07) is 22.4. The third-order valence-corrected chi connectivity index (χ3v) is 6.79. The molecule has 0 aromatic heterocycles. The molecule has 9 heteroatoms. The van der Waals surface area contributed by atoms with Crippen LogP contribution in [0.1, 0.15) is 29.7 Å². The van der Waals surface area contributed by atoms with Crippen LogP contribution >= 0.6 is 0 Å². The summed E-state index contributed by atoms with van der Waals surface area (Å²) in [6.45, 7) is 1.66. The normalized spacial score (nSPS) is 12.2. The SMILES string of the molecule is CCNC(=O)[C@H](c1ccccc1)N(Cc1ccc(F)cc1)C(=O)CN(Cc1ccccc1)S(C)(=O)=O. The van der Waals surface area contributed by atoms with E-state index >= 15 is 0 Å². The Morgan fingerprint density at radius 2 is 1.42 bits per heavy atom. The third kappa shape index (κ3) is 7.47. The van der Waals surface area contributed by atoms with Gasteiger partial charge in [0.1, 0.15) is 11.9 Å². The quantitative estimate of drug-likeness (QED) is 0.427. The number of hydrogen-bond donors (Lipinski definition) is 1. The fourth-order valence-electron chi connectivity index (χ4n) is 3.81. The molecular weight excluding hydrogens is 481 g/mol. The number of amides is 2. The number of carbonyl (C=O) groups excluding carboxylic acids is 2. The van der Waals surface area contributed by atoms with Gasteiger partial charge in [0, 0.05) is 19.6 Å². The van der Waals surface area contributed by atoms with Gasteiger partial charge in [0.15, 0.2) is 0 Å². The average molecular weight is 512 g/mol. The van der Waals surface area contributed by atoms with E-state index in [-0.39, 0.29) is 13.1 Å². The standard InChI is InChI=1S/C27H30FN3O4S/c1-3-29-27(33)26(23-12-8-5-9-13-23)31(19-22-14-16-24(28)17-15-22)25(32)20-30(36(2,34)35)18-21-10-6-4-7-11-21/h4-17,26H,3,18-20H2,1-2H3,(H,29,33)/t26-/m0/s1. The largest absolute Gasteiger partial charge is 0.354 e. The molecule has 3 aromatic rings. The highest BCUT2D eigenvalue weighted by Gasteiger charge is 2.33. The van der Waals surface area contributed by atoms with Crippen LogP contribution in [0.5, 0.6) is 0 Å². The summed E-state index contributed by atoms with van der Waals surface area (Å²) in [5.74, 6) is -1.38. The number of nitrogens with one attached hydrogen (secondary N) is 1. The fourth-order valence-corrected chi connectivity index (χ4v) is 4.54. The maximum absolute atomic E-state index is 13.8. The van der Waals surface area contributed by atoms with Crippen molar-refractivity contribution in [1.29, 1.82) is 0 Å². The van der Waals surface area contributed by atoms with Gasteiger partial charge in [-0.3, -0.25) is 9.59 Å².